The fraction of sp³-hybridized carbons (Fsp3) is 0.130. The predicted molar refractivity (Wildman–Crippen MR) is 306 cm³/mol. The number of para-hydroxylation sites is 3. The third-order valence-corrected chi connectivity index (χ3v) is 13.9. The normalized spacial score (nSPS) is 13.7. The van der Waals surface area contributed by atoms with Gasteiger partial charge in [0.1, 0.15) is 17.3 Å². The van der Waals surface area contributed by atoms with E-state index in [1.165, 1.54) is 23.4 Å². The van der Waals surface area contributed by atoms with Gasteiger partial charge < -0.3 is 4.74 Å². The second-order valence-electron chi connectivity index (χ2n) is 20.9. The van der Waals surface area contributed by atoms with Crippen LogP contribution in [0.4, 0.5) is 0 Å². The van der Waals surface area contributed by atoms with Crippen molar-refractivity contribution in [1.29, 1.82) is 0 Å². The van der Waals surface area contributed by atoms with Gasteiger partial charge in [-0.3, -0.25) is 13.7 Å². The average molecular weight is 967 g/mol. The molecule has 0 amide bonds. The molecule has 360 valence electrons. The second kappa shape index (κ2) is 18.4. The minimum absolute atomic E-state index is 0.0665. The van der Waals surface area contributed by atoms with E-state index in [9.17, 15) is 0 Å². The van der Waals surface area contributed by atoms with Crippen molar-refractivity contribution in [1.82, 2.24) is 14.1 Å². The van der Waals surface area contributed by atoms with Gasteiger partial charge in [-0.2, -0.15) is 0 Å². The molecule has 0 saturated carbocycles. The molecule has 12 aromatic rings. The van der Waals surface area contributed by atoms with Crippen LogP contribution in [0, 0.1) is 13.2 Å². The molecule has 0 N–H and O–H groups in total. The van der Waals surface area contributed by atoms with Crippen LogP contribution in [-0.4, -0.2) is 14.1 Å². The molecule has 0 atom stereocenters. The van der Waals surface area contributed by atoms with Crippen molar-refractivity contribution in [3.05, 3.63) is 247 Å². The van der Waals surface area contributed by atoms with E-state index >= 15 is 0 Å². The Labute approximate surface area is 445 Å². The Morgan fingerprint density at radius 3 is 1.88 bits per heavy atom. The third kappa shape index (κ3) is 8.54. The summed E-state index contributed by atoms with van der Waals surface area (Å²) in [5, 5.41) is 1.77. The lowest BCUT2D eigenvalue weighted by molar-refractivity contribution is -0.572. The van der Waals surface area contributed by atoms with E-state index in [2.05, 4.69) is 172 Å². The zero-order valence-electron chi connectivity index (χ0n) is 50.2. The molecule has 12 rings (SSSR count). The number of ether oxygens (including phenoxy) is 1. The number of aryl methyl sites for hydroxylation is 1. The van der Waals surface area contributed by atoms with Crippen LogP contribution < -0.4 is 9.30 Å². The predicted octanol–water partition coefficient (Wildman–Crippen LogP) is 17.6. The molecule has 0 aliphatic carbocycles. The molecule has 5 nitrogen and oxygen atoms in total. The van der Waals surface area contributed by atoms with E-state index in [1.54, 1.807) is 0 Å². The first kappa shape index (κ1) is 37.9. The number of nitrogens with zero attached hydrogens (tertiary/aromatic N) is 4. The van der Waals surface area contributed by atoms with Crippen LogP contribution in [0.5, 0.6) is 11.5 Å². The topological polar surface area (TPSA) is 35.9 Å². The molecule has 0 aliphatic rings. The number of fused-ring (bicyclic) bond motifs is 4. The molecular formula is C69H58N4O. The molecule has 0 fully saturated rings. The number of imidazole rings is 1. The van der Waals surface area contributed by atoms with E-state index in [1.807, 2.05) is 71.3 Å². The quantitative estimate of drug-likeness (QED) is 0.107. The van der Waals surface area contributed by atoms with Gasteiger partial charge in [-0.15, -0.1) is 0 Å². The maximum atomic E-state index is 8.67. The minimum atomic E-state index is -2.75. The van der Waals surface area contributed by atoms with Crippen molar-refractivity contribution in [2.45, 2.75) is 59.2 Å². The van der Waals surface area contributed by atoms with E-state index in [4.69, 9.17) is 20.7 Å². The van der Waals surface area contributed by atoms with Gasteiger partial charge in [0.05, 0.1) is 40.3 Å². The minimum Gasteiger partial charge on any atom is -0.458 e. The van der Waals surface area contributed by atoms with Gasteiger partial charge in [0.25, 0.3) is 6.33 Å². The third-order valence-electron chi connectivity index (χ3n) is 13.9. The van der Waals surface area contributed by atoms with Gasteiger partial charge in [-0.25, -0.2) is 4.98 Å². The molecule has 0 unspecified atom stereocenters. The molecule has 5 heteroatoms. The molecule has 3 heterocycles. The Balaban J connectivity index is 0.991. The molecular weight excluding hydrogens is 901 g/mol. The maximum Gasteiger partial charge on any atom is 0.269 e. The van der Waals surface area contributed by atoms with Crippen LogP contribution >= 0.6 is 0 Å². The summed E-state index contributed by atoms with van der Waals surface area (Å²) in [6, 6.07) is 61.4. The number of hydrogen-bond donors (Lipinski definition) is 0. The highest BCUT2D eigenvalue weighted by Crippen LogP contribution is 2.42. The molecule has 0 spiro atoms. The lowest BCUT2D eigenvalue weighted by Gasteiger charge is -2.30. The van der Waals surface area contributed by atoms with Gasteiger partial charge in [0, 0.05) is 32.7 Å². The Hall–Kier alpha value is -8.80. The van der Waals surface area contributed by atoms with Crippen molar-refractivity contribution < 1.29 is 20.3 Å². The standard InChI is InChI=1S/C69H58N4O/c1-46-36-66(70-44-60(46)49-26-15-10-16-27-49)73-62-31-18-17-30-57(62)58-35-34-56(43-65(58)73)74-55-29-21-28-54(42-55)71-45-72(64-33-20-19-32-63(64)71)67-59(40-53(68(2,3)4)41-61(67)69(5,6)7)52-38-50(47-22-11-8-12-23-47)37-51(39-52)48-24-13-9-14-25-48/h8-44H,1-7H3/i1D3,10D,15D,16D,26D,27D. The second-order valence-corrected chi connectivity index (χ2v) is 20.9. The monoisotopic (exact) mass is 967 g/mol. The molecule has 0 saturated heterocycles. The zero-order chi connectivity index (χ0) is 57.6. The number of aromatic nitrogens is 4. The van der Waals surface area contributed by atoms with Gasteiger partial charge >= 0.3 is 0 Å². The van der Waals surface area contributed by atoms with Crippen molar-refractivity contribution in [3.8, 4) is 73.2 Å². The molecule has 9 aromatic carbocycles. The van der Waals surface area contributed by atoms with Crippen molar-refractivity contribution in [2.75, 3.05) is 0 Å². The molecule has 0 radical (unpaired) electrons. The van der Waals surface area contributed by atoms with Crippen LogP contribution in [-0.2, 0) is 10.8 Å². The summed E-state index contributed by atoms with van der Waals surface area (Å²) in [7, 11) is 0. The number of rotatable bonds is 9. The largest absolute Gasteiger partial charge is 0.458 e. The molecule has 74 heavy (non-hydrogen) atoms. The highest BCUT2D eigenvalue weighted by Gasteiger charge is 2.29. The summed E-state index contributed by atoms with van der Waals surface area (Å²) in [4.78, 5) is 4.76. The lowest BCUT2D eigenvalue weighted by atomic mass is 9.77. The number of hydrogen-bond acceptors (Lipinski definition) is 2. The summed E-state index contributed by atoms with van der Waals surface area (Å²) in [6.45, 7) is 10.9. The molecule has 0 bridgehead atoms. The van der Waals surface area contributed by atoms with Gasteiger partial charge in [0.15, 0.2) is 0 Å². The summed E-state index contributed by atoms with van der Waals surface area (Å²) in [5.74, 6) is 1.35. The molecule has 3 aromatic heterocycles. The number of pyridine rings is 1. The first-order valence-electron chi connectivity index (χ1n) is 28.9. The first-order chi connectivity index (χ1) is 39.1. The smallest absolute Gasteiger partial charge is 0.269 e. The fourth-order valence-electron chi connectivity index (χ4n) is 10.1. The summed E-state index contributed by atoms with van der Waals surface area (Å²) >= 11 is 0. The SMILES string of the molecule is [2H]c1c([2H])c([2H])c(-c2cnc(-n3c4ccccc4c4ccc(Oc5cccc(-n6[c-][n+](-c7c(-c8cc(-c9ccccc9)cc(-c9ccccc9)c8)cc(C(C)(C)C)cc7C(C)(C)C)c7ccccc76)c5)cc43)cc2C([2H])([2H])[2H])c([2H])c1[2H]. The van der Waals surface area contributed by atoms with Crippen LogP contribution in [0.3, 0.4) is 0 Å². The maximum absolute atomic E-state index is 8.67. The van der Waals surface area contributed by atoms with E-state index in [0.717, 1.165) is 72.1 Å². The summed E-state index contributed by atoms with van der Waals surface area (Å²) < 4.78 is 81.0. The summed E-state index contributed by atoms with van der Waals surface area (Å²) in [5.41, 5.74) is 13.4. The van der Waals surface area contributed by atoms with Crippen LogP contribution in [0.15, 0.2) is 224 Å². The fourth-order valence-corrected chi connectivity index (χ4v) is 10.1. The van der Waals surface area contributed by atoms with E-state index < -0.39 is 37.1 Å². The summed E-state index contributed by atoms with van der Waals surface area (Å²) in [6.07, 6.45) is 5.17. The highest BCUT2D eigenvalue weighted by atomic mass is 16.5. The van der Waals surface area contributed by atoms with Crippen molar-refractivity contribution >= 4 is 32.8 Å². The van der Waals surface area contributed by atoms with Crippen molar-refractivity contribution in [2.24, 2.45) is 0 Å². The number of benzene rings is 9. The zero-order valence-corrected chi connectivity index (χ0v) is 42.2. The Kier molecular flexibility index (Phi) is 9.40. The first-order valence-corrected chi connectivity index (χ1v) is 24.9. The van der Waals surface area contributed by atoms with Gasteiger partial charge in [0.2, 0.25) is 0 Å². The highest BCUT2D eigenvalue weighted by molar-refractivity contribution is 6.09. The molecule has 0 aliphatic heterocycles. The van der Waals surface area contributed by atoms with E-state index in [0.29, 0.717) is 17.0 Å². The Morgan fingerprint density at radius 1 is 0.527 bits per heavy atom. The van der Waals surface area contributed by atoms with Gasteiger partial charge in [-0.05, 0) is 134 Å². The average Bonchev–Trinajstić information content (AvgIpc) is 2.85. The van der Waals surface area contributed by atoms with Gasteiger partial charge in [-0.1, -0.05) is 193 Å². The lowest BCUT2D eigenvalue weighted by Crippen LogP contribution is -2.35. The Morgan fingerprint density at radius 2 is 1.18 bits per heavy atom. The van der Waals surface area contributed by atoms with E-state index in [-0.39, 0.29) is 33.3 Å². The van der Waals surface area contributed by atoms with Crippen LogP contribution in [0.2, 0.25) is 0 Å². The Bertz CT molecular complexity index is 4410. The van der Waals surface area contributed by atoms with Crippen LogP contribution in [0.25, 0.3) is 94.5 Å². The van der Waals surface area contributed by atoms with Crippen LogP contribution in [0.1, 0.15) is 69.2 Å². The van der Waals surface area contributed by atoms with Crippen molar-refractivity contribution in [3.63, 3.8) is 0 Å².